The first kappa shape index (κ1) is 11.7. The molecule has 1 N–H and O–H groups in total. The van der Waals surface area contributed by atoms with Gasteiger partial charge >= 0.3 is 0 Å². The molecule has 2 aliphatic carbocycles. The van der Waals surface area contributed by atoms with Crippen LogP contribution in [0.25, 0.3) is 0 Å². The Morgan fingerprint density at radius 2 is 2.10 bits per heavy atom. The van der Waals surface area contributed by atoms with Gasteiger partial charge in [-0.2, -0.15) is 0 Å². The zero-order valence-electron chi connectivity index (χ0n) is 10.8. The predicted octanol–water partition coefficient (Wildman–Crippen LogP) is 3.50. The molecule has 0 unspecified atom stereocenters. The summed E-state index contributed by atoms with van der Waals surface area (Å²) in [6, 6.07) is 11.8. The van der Waals surface area contributed by atoms with E-state index in [1.54, 1.807) is 11.3 Å². The summed E-state index contributed by atoms with van der Waals surface area (Å²) in [5, 5.41) is 5.03. The fourth-order valence-corrected chi connectivity index (χ4v) is 3.06. The van der Waals surface area contributed by atoms with Gasteiger partial charge in [-0.15, -0.1) is 11.3 Å². The third kappa shape index (κ3) is 2.03. The van der Waals surface area contributed by atoms with Gasteiger partial charge in [-0.1, -0.05) is 24.0 Å². The molecule has 1 aromatic heterocycles. The summed E-state index contributed by atoms with van der Waals surface area (Å²) in [7, 11) is 0. The molecule has 2 aliphatic rings. The molecule has 0 bridgehead atoms. The van der Waals surface area contributed by atoms with E-state index < -0.39 is 0 Å². The average molecular weight is 279 g/mol. The zero-order valence-corrected chi connectivity index (χ0v) is 11.7. The summed E-state index contributed by atoms with van der Waals surface area (Å²) in [5.74, 6) is 7.12. The molecule has 2 aromatic rings. The van der Waals surface area contributed by atoms with Gasteiger partial charge in [-0.25, -0.2) is 0 Å². The van der Waals surface area contributed by atoms with E-state index in [0.29, 0.717) is 5.92 Å². The van der Waals surface area contributed by atoms with Crippen molar-refractivity contribution < 1.29 is 4.79 Å². The van der Waals surface area contributed by atoms with Crippen LogP contribution in [0.1, 0.15) is 23.3 Å². The van der Waals surface area contributed by atoms with E-state index in [2.05, 4.69) is 17.2 Å². The zero-order chi connectivity index (χ0) is 13.6. The number of rotatable bonds is 2. The van der Waals surface area contributed by atoms with Gasteiger partial charge in [0.2, 0.25) is 5.91 Å². The van der Waals surface area contributed by atoms with Crippen LogP contribution < -0.4 is 5.32 Å². The Balaban J connectivity index is 1.51. The Bertz CT molecular complexity index is 730. The summed E-state index contributed by atoms with van der Waals surface area (Å²) in [6.07, 6.45) is 2.16. The number of fused-ring (bicyclic) bond motifs is 1. The van der Waals surface area contributed by atoms with Gasteiger partial charge in [-0.05, 0) is 48.4 Å². The first-order valence-corrected chi connectivity index (χ1v) is 7.61. The number of anilines is 1. The Morgan fingerprint density at radius 1 is 1.25 bits per heavy atom. The molecule has 0 saturated heterocycles. The number of benzene rings is 1. The van der Waals surface area contributed by atoms with Crippen LogP contribution in [0.5, 0.6) is 0 Å². The van der Waals surface area contributed by atoms with E-state index in [1.807, 2.05) is 41.8 Å². The Hall–Kier alpha value is -2.05. The highest BCUT2D eigenvalue weighted by molar-refractivity contribution is 7.10. The van der Waals surface area contributed by atoms with Crippen LogP contribution in [0.3, 0.4) is 0 Å². The average Bonchev–Trinajstić information content (AvgIpc) is 3.24. The van der Waals surface area contributed by atoms with E-state index in [4.69, 9.17) is 0 Å². The third-order valence-corrected chi connectivity index (χ3v) is 4.89. The number of amides is 1. The molecule has 1 heterocycles. The van der Waals surface area contributed by atoms with E-state index in [1.165, 1.54) is 0 Å². The highest BCUT2D eigenvalue weighted by Gasteiger charge is 2.74. The fraction of sp³-hybridized carbons (Fsp3) is 0.235. The molecule has 2 fully saturated rings. The van der Waals surface area contributed by atoms with Crippen LogP contribution in [-0.4, -0.2) is 5.91 Å². The Morgan fingerprint density at radius 3 is 2.80 bits per heavy atom. The van der Waals surface area contributed by atoms with Gasteiger partial charge in [-0.3, -0.25) is 4.79 Å². The van der Waals surface area contributed by atoms with E-state index in [-0.39, 0.29) is 11.3 Å². The minimum atomic E-state index is 0.0126. The van der Waals surface area contributed by atoms with Gasteiger partial charge in [0.1, 0.15) is 0 Å². The minimum absolute atomic E-state index is 0.0126. The lowest BCUT2D eigenvalue weighted by Gasteiger charge is -2.07. The summed E-state index contributed by atoms with van der Waals surface area (Å²) < 4.78 is 0. The second kappa shape index (κ2) is 4.22. The van der Waals surface area contributed by atoms with Crippen LogP contribution in [-0.2, 0) is 4.79 Å². The molecule has 20 heavy (non-hydrogen) atoms. The number of carbonyl (C=O) groups is 1. The topological polar surface area (TPSA) is 29.1 Å². The molecule has 0 spiro atoms. The smallest absolute Gasteiger partial charge is 0.230 e. The van der Waals surface area contributed by atoms with Crippen molar-refractivity contribution in [3.05, 3.63) is 52.2 Å². The second-order valence-electron chi connectivity index (χ2n) is 5.52. The van der Waals surface area contributed by atoms with Crippen LogP contribution in [0.4, 0.5) is 5.69 Å². The van der Waals surface area contributed by atoms with Gasteiger partial charge in [0.05, 0.1) is 10.3 Å². The molecular weight excluding hydrogens is 266 g/mol. The van der Waals surface area contributed by atoms with Crippen molar-refractivity contribution in [1.29, 1.82) is 0 Å². The largest absolute Gasteiger partial charge is 0.326 e. The van der Waals surface area contributed by atoms with Gasteiger partial charge in [0.25, 0.3) is 0 Å². The molecular formula is C17H13NOS. The first-order valence-electron chi connectivity index (χ1n) is 6.73. The lowest BCUT2D eigenvalue weighted by molar-refractivity contribution is -0.119. The molecule has 1 aromatic carbocycles. The van der Waals surface area contributed by atoms with Gasteiger partial charge in [0.15, 0.2) is 0 Å². The fourth-order valence-electron chi connectivity index (χ4n) is 2.49. The van der Waals surface area contributed by atoms with Crippen LogP contribution in [0.2, 0.25) is 0 Å². The minimum Gasteiger partial charge on any atom is -0.326 e. The molecule has 1 amide bonds. The van der Waals surface area contributed by atoms with Crippen molar-refractivity contribution in [2.45, 2.75) is 12.8 Å². The van der Waals surface area contributed by atoms with Crippen LogP contribution in [0, 0.1) is 23.2 Å². The SMILES string of the molecule is O=C(Nc1cccc(C#Cc2cccs2)c1)C12CC1C2. The van der Waals surface area contributed by atoms with Crippen molar-refractivity contribution in [3.8, 4) is 11.8 Å². The molecule has 4 rings (SSSR count). The molecule has 98 valence electrons. The molecule has 0 atom stereocenters. The number of thiophene rings is 1. The van der Waals surface area contributed by atoms with Gasteiger partial charge in [0, 0.05) is 11.3 Å². The monoisotopic (exact) mass is 279 g/mol. The van der Waals surface area contributed by atoms with Crippen molar-refractivity contribution in [2.75, 3.05) is 5.32 Å². The summed E-state index contributed by atoms with van der Waals surface area (Å²) >= 11 is 1.63. The van der Waals surface area contributed by atoms with Crippen molar-refractivity contribution in [1.82, 2.24) is 0 Å². The standard InChI is InChI=1S/C17H13NOS/c19-16(17-10-13(17)11-17)18-14-4-1-3-12(9-14)6-7-15-5-2-8-20-15/h1-5,8-9,13H,10-11H2,(H,18,19). The maximum Gasteiger partial charge on any atom is 0.230 e. The first-order chi connectivity index (χ1) is 9.76. The normalized spacial score (nSPS) is 25.1. The number of hydrogen-bond donors (Lipinski definition) is 1. The molecule has 2 saturated carbocycles. The second-order valence-corrected chi connectivity index (χ2v) is 6.47. The van der Waals surface area contributed by atoms with E-state index >= 15 is 0 Å². The number of carbonyl (C=O) groups excluding carboxylic acids is 1. The quantitative estimate of drug-likeness (QED) is 0.838. The summed E-state index contributed by atoms with van der Waals surface area (Å²) in [6.45, 7) is 0. The molecule has 0 aliphatic heterocycles. The lowest BCUT2D eigenvalue weighted by atomic mass is 10.1. The van der Waals surface area contributed by atoms with Crippen molar-refractivity contribution in [3.63, 3.8) is 0 Å². The summed E-state index contributed by atoms with van der Waals surface area (Å²) in [5.41, 5.74) is 1.79. The summed E-state index contributed by atoms with van der Waals surface area (Å²) in [4.78, 5) is 13.1. The molecule has 2 nitrogen and oxygen atoms in total. The van der Waals surface area contributed by atoms with Gasteiger partial charge < -0.3 is 5.32 Å². The predicted molar refractivity (Wildman–Crippen MR) is 80.5 cm³/mol. The van der Waals surface area contributed by atoms with Crippen molar-refractivity contribution >= 4 is 22.9 Å². The Kier molecular flexibility index (Phi) is 2.48. The maximum absolute atomic E-state index is 12.0. The molecule has 0 radical (unpaired) electrons. The van der Waals surface area contributed by atoms with E-state index in [9.17, 15) is 4.79 Å². The Labute approximate surface area is 121 Å². The highest BCUT2D eigenvalue weighted by Crippen LogP contribution is 2.75. The third-order valence-electron chi connectivity index (χ3n) is 4.11. The van der Waals surface area contributed by atoms with Crippen LogP contribution >= 0.6 is 11.3 Å². The number of hydrogen-bond acceptors (Lipinski definition) is 2. The maximum atomic E-state index is 12.0. The van der Waals surface area contributed by atoms with E-state index in [0.717, 1.165) is 29.0 Å². The van der Waals surface area contributed by atoms with Crippen LogP contribution in [0.15, 0.2) is 41.8 Å². The highest BCUT2D eigenvalue weighted by atomic mass is 32.1. The van der Waals surface area contributed by atoms with Crippen molar-refractivity contribution in [2.24, 2.45) is 11.3 Å². The molecule has 3 heteroatoms. The lowest BCUT2D eigenvalue weighted by Crippen LogP contribution is -2.17. The number of nitrogens with one attached hydrogen (secondary N) is 1.